The lowest BCUT2D eigenvalue weighted by molar-refractivity contribution is 0.0933. The van der Waals surface area contributed by atoms with Crippen molar-refractivity contribution in [2.75, 3.05) is 11.9 Å². The smallest absolute Gasteiger partial charge is 0.170 e. The molecule has 0 fully saturated rings. The summed E-state index contributed by atoms with van der Waals surface area (Å²) in [5, 5.41) is 10.7. The van der Waals surface area contributed by atoms with Crippen molar-refractivity contribution in [3.8, 4) is 5.75 Å². The first-order valence-electron chi connectivity index (χ1n) is 6.65. The second-order valence-electron chi connectivity index (χ2n) is 4.83. The van der Waals surface area contributed by atoms with Crippen LogP contribution in [-0.4, -0.2) is 18.6 Å². The maximum Gasteiger partial charge on any atom is 0.170 e. The molecule has 2 N–H and O–H groups in total. The predicted molar refractivity (Wildman–Crippen MR) is 86.2 cm³/mol. The molecule has 0 bridgehead atoms. The largest absolute Gasteiger partial charge is 0.491 e. The van der Waals surface area contributed by atoms with Gasteiger partial charge in [0, 0.05) is 23.9 Å². The summed E-state index contributed by atoms with van der Waals surface area (Å²) >= 11 is 3.44. The Hall–Kier alpha value is -2.21. The number of anilines is 2. The van der Waals surface area contributed by atoms with E-state index in [2.05, 4.69) is 21.2 Å². The van der Waals surface area contributed by atoms with E-state index in [9.17, 15) is 9.18 Å². The molecule has 6 heteroatoms. The van der Waals surface area contributed by atoms with Crippen LogP contribution in [0, 0.1) is 11.2 Å². The van der Waals surface area contributed by atoms with Crippen molar-refractivity contribution in [1.82, 2.24) is 0 Å². The third kappa shape index (κ3) is 2.62. The molecule has 0 aromatic heterocycles. The summed E-state index contributed by atoms with van der Waals surface area (Å²) in [7, 11) is 0. The molecule has 3 rings (SSSR count). The lowest BCUT2D eigenvalue weighted by Crippen LogP contribution is -2.17. The van der Waals surface area contributed by atoms with Crippen molar-refractivity contribution in [3.05, 3.63) is 51.7 Å². The van der Waals surface area contributed by atoms with E-state index < -0.39 is 0 Å². The highest BCUT2D eigenvalue weighted by atomic mass is 79.9. The van der Waals surface area contributed by atoms with Crippen LogP contribution in [0.1, 0.15) is 22.3 Å². The van der Waals surface area contributed by atoms with Gasteiger partial charge in [0.25, 0.3) is 0 Å². The minimum Gasteiger partial charge on any atom is -0.491 e. The van der Waals surface area contributed by atoms with Gasteiger partial charge in [-0.1, -0.05) is 0 Å². The summed E-state index contributed by atoms with van der Waals surface area (Å²) in [5.74, 6) is 0.154. The molecule has 1 aliphatic heterocycles. The first-order chi connectivity index (χ1) is 10.6. The quantitative estimate of drug-likeness (QED) is 0.800. The molecule has 0 unspecified atom stereocenters. The molecule has 0 saturated carbocycles. The number of benzene rings is 2. The van der Waals surface area contributed by atoms with Crippen molar-refractivity contribution < 1.29 is 13.9 Å². The highest BCUT2D eigenvalue weighted by Gasteiger charge is 2.24. The number of nitrogens with one attached hydrogen (secondary N) is 2. The van der Waals surface area contributed by atoms with E-state index in [1.807, 2.05) is 0 Å². The van der Waals surface area contributed by atoms with Gasteiger partial charge in [0.15, 0.2) is 5.78 Å². The van der Waals surface area contributed by atoms with Gasteiger partial charge in [-0.2, -0.15) is 0 Å². The van der Waals surface area contributed by atoms with E-state index >= 15 is 0 Å². The normalized spacial score (nSPS) is 13.3. The van der Waals surface area contributed by atoms with Crippen molar-refractivity contribution in [2.45, 2.75) is 6.42 Å². The van der Waals surface area contributed by atoms with Gasteiger partial charge in [0.05, 0.1) is 22.3 Å². The van der Waals surface area contributed by atoms with Crippen LogP contribution in [0.15, 0.2) is 34.8 Å². The highest BCUT2D eigenvalue weighted by Crippen LogP contribution is 2.41. The highest BCUT2D eigenvalue weighted by molar-refractivity contribution is 9.10. The number of Topliss-reactive ketones (excluding diaryl/α,β-unsaturated/α-hetero) is 1. The molecule has 0 radical (unpaired) electrons. The summed E-state index contributed by atoms with van der Waals surface area (Å²) in [6.07, 6.45) is 1.50. The van der Waals surface area contributed by atoms with Crippen molar-refractivity contribution in [3.63, 3.8) is 0 Å². The summed E-state index contributed by atoms with van der Waals surface area (Å²) in [5.41, 5.74) is 2.30. The number of fused-ring (bicyclic) bond motifs is 1. The van der Waals surface area contributed by atoms with Crippen molar-refractivity contribution in [2.24, 2.45) is 0 Å². The first-order valence-corrected chi connectivity index (χ1v) is 7.45. The van der Waals surface area contributed by atoms with Crippen LogP contribution in [0.5, 0.6) is 5.75 Å². The van der Waals surface area contributed by atoms with Crippen LogP contribution >= 0.6 is 15.9 Å². The van der Waals surface area contributed by atoms with Gasteiger partial charge in [-0.15, -0.1) is 0 Å². The molecular formula is C16H12BrFN2O2. The molecule has 2 aromatic rings. The molecule has 112 valence electrons. The van der Waals surface area contributed by atoms with Gasteiger partial charge in [-0.25, -0.2) is 4.39 Å². The van der Waals surface area contributed by atoms with Gasteiger partial charge in [-0.3, -0.25) is 4.79 Å². The molecular weight excluding hydrogens is 351 g/mol. The molecule has 2 aromatic carbocycles. The molecule has 0 atom stereocenters. The summed E-state index contributed by atoms with van der Waals surface area (Å²) in [6.45, 7) is 0.338. The fraction of sp³-hybridized carbons (Fsp3) is 0.125. The second-order valence-corrected chi connectivity index (χ2v) is 5.62. The number of hydrogen-bond donors (Lipinski definition) is 2. The number of hydrogen-bond acceptors (Lipinski definition) is 4. The summed E-state index contributed by atoms with van der Waals surface area (Å²) in [6, 6.07) is 7.53. The fourth-order valence-electron chi connectivity index (χ4n) is 2.30. The molecule has 0 spiro atoms. The van der Waals surface area contributed by atoms with Gasteiger partial charge in [-0.05, 0) is 46.3 Å². The molecule has 1 heterocycles. The standard InChI is InChI=1S/C16H12BrFN2O2/c17-14-15(20-11-3-1-10(18)2-4-11)9(8-19)7-12-13(21)5-6-22-16(12)14/h1-4,7-8,19-20H,5-6H2. The van der Waals surface area contributed by atoms with Gasteiger partial charge < -0.3 is 15.5 Å². The van der Waals surface area contributed by atoms with E-state index in [4.69, 9.17) is 10.1 Å². The second kappa shape index (κ2) is 5.88. The zero-order valence-corrected chi connectivity index (χ0v) is 13.0. The Morgan fingerprint density at radius 2 is 2.05 bits per heavy atom. The number of rotatable bonds is 3. The summed E-state index contributed by atoms with van der Waals surface area (Å²) < 4.78 is 19.2. The van der Waals surface area contributed by atoms with Crippen molar-refractivity contribution >= 4 is 39.3 Å². The Bertz CT molecular complexity index is 760. The van der Waals surface area contributed by atoms with Crippen LogP contribution in [0.3, 0.4) is 0 Å². The Balaban J connectivity index is 2.08. The number of ketones is 1. The van der Waals surface area contributed by atoms with Crippen LogP contribution in [0.25, 0.3) is 0 Å². The predicted octanol–water partition coefficient (Wildman–Crippen LogP) is 4.29. The third-order valence-corrected chi connectivity index (χ3v) is 4.15. The fourth-order valence-corrected chi connectivity index (χ4v) is 2.95. The van der Waals surface area contributed by atoms with Crippen LogP contribution in [-0.2, 0) is 0 Å². The molecule has 0 aliphatic carbocycles. The van der Waals surface area contributed by atoms with Crippen LogP contribution in [0.2, 0.25) is 0 Å². The van der Waals surface area contributed by atoms with Gasteiger partial charge in [0.2, 0.25) is 0 Å². The topological polar surface area (TPSA) is 62.2 Å². The average molecular weight is 363 g/mol. The Labute approximate surface area is 134 Å². The Kier molecular flexibility index (Phi) is 3.94. The number of carbonyl (C=O) groups excluding carboxylic acids is 1. The molecule has 1 aliphatic rings. The number of carbonyl (C=O) groups is 1. The summed E-state index contributed by atoms with van der Waals surface area (Å²) in [4.78, 5) is 12.0. The van der Waals surface area contributed by atoms with Gasteiger partial charge >= 0.3 is 0 Å². The average Bonchev–Trinajstić information content (AvgIpc) is 2.52. The molecule has 4 nitrogen and oxygen atoms in total. The Morgan fingerprint density at radius 3 is 2.73 bits per heavy atom. The first kappa shape index (κ1) is 14.7. The van der Waals surface area contributed by atoms with Crippen LogP contribution < -0.4 is 10.1 Å². The third-order valence-electron chi connectivity index (χ3n) is 3.40. The molecule has 0 saturated heterocycles. The van der Waals surface area contributed by atoms with Crippen molar-refractivity contribution in [1.29, 1.82) is 5.41 Å². The number of ether oxygens (including phenoxy) is 1. The number of halogens is 2. The molecule has 22 heavy (non-hydrogen) atoms. The minimum absolute atomic E-state index is 0.00150. The lowest BCUT2D eigenvalue weighted by atomic mass is 10.0. The minimum atomic E-state index is -0.323. The lowest BCUT2D eigenvalue weighted by Gasteiger charge is -2.21. The van der Waals surface area contributed by atoms with Gasteiger partial charge in [0.1, 0.15) is 11.6 Å². The monoisotopic (exact) mass is 362 g/mol. The van der Waals surface area contributed by atoms with Crippen LogP contribution in [0.4, 0.5) is 15.8 Å². The zero-order valence-electron chi connectivity index (χ0n) is 11.5. The SMILES string of the molecule is N=Cc1cc2c(c(Br)c1Nc1ccc(F)cc1)OCCC2=O. The maximum absolute atomic E-state index is 13.0. The molecule has 0 amide bonds. The Morgan fingerprint density at radius 1 is 1.32 bits per heavy atom. The maximum atomic E-state index is 13.0. The van der Waals surface area contributed by atoms with E-state index in [0.29, 0.717) is 45.8 Å². The van der Waals surface area contributed by atoms with E-state index in [-0.39, 0.29) is 11.6 Å². The van der Waals surface area contributed by atoms with E-state index in [1.54, 1.807) is 18.2 Å². The van der Waals surface area contributed by atoms with E-state index in [1.165, 1.54) is 18.3 Å². The zero-order chi connectivity index (χ0) is 15.7. The van der Waals surface area contributed by atoms with E-state index in [0.717, 1.165) is 0 Å².